The van der Waals surface area contributed by atoms with Crippen LogP contribution >= 0.6 is 0 Å². The standard InChI is InChI=1S/C8H14F3N3O3/c1-7(2,3)17-6(16)14-13-5(15)12-4-8(9,10)11/h4H2,1-3H3,(H,14,16)(H2,12,13,15). The average molecular weight is 257 g/mol. The quantitative estimate of drug-likeness (QED) is 0.619. The van der Waals surface area contributed by atoms with E-state index in [0.717, 1.165) is 0 Å². The van der Waals surface area contributed by atoms with Crippen LogP contribution in [0.25, 0.3) is 0 Å². The molecule has 0 aromatic heterocycles. The first-order chi connectivity index (χ1) is 7.49. The van der Waals surface area contributed by atoms with Gasteiger partial charge in [-0.25, -0.2) is 20.4 Å². The molecule has 17 heavy (non-hydrogen) atoms. The Morgan fingerprint density at radius 1 is 1.12 bits per heavy atom. The molecule has 0 unspecified atom stereocenters. The molecule has 6 nitrogen and oxygen atoms in total. The first-order valence-electron chi connectivity index (χ1n) is 4.59. The van der Waals surface area contributed by atoms with Gasteiger partial charge in [0.25, 0.3) is 0 Å². The third-order valence-corrected chi connectivity index (χ3v) is 1.13. The van der Waals surface area contributed by atoms with E-state index in [1.165, 1.54) is 5.32 Å². The molecule has 0 aliphatic carbocycles. The zero-order valence-corrected chi connectivity index (χ0v) is 9.57. The Hall–Kier alpha value is -1.67. The van der Waals surface area contributed by atoms with Crippen LogP contribution in [-0.4, -0.2) is 30.4 Å². The normalized spacial score (nSPS) is 11.6. The summed E-state index contributed by atoms with van der Waals surface area (Å²) in [6.45, 7) is 3.29. The number of hydrogen-bond acceptors (Lipinski definition) is 3. The number of hydrogen-bond donors (Lipinski definition) is 3. The predicted octanol–water partition coefficient (Wildman–Crippen LogP) is 1.29. The highest BCUT2D eigenvalue weighted by molar-refractivity contribution is 5.77. The number of carbonyl (C=O) groups excluding carboxylic acids is 2. The molecule has 0 radical (unpaired) electrons. The van der Waals surface area contributed by atoms with Crippen molar-refractivity contribution in [3.05, 3.63) is 0 Å². The highest BCUT2D eigenvalue weighted by Crippen LogP contribution is 2.11. The smallest absolute Gasteiger partial charge is 0.426 e. The lowest BCUT2D eigenvalue weighted by molar-refractivity contribution is -0.122. The maximum Gasteiger partial charge on any atom is 0.426 e. The van der Waals surface area contributed by atoms with Crippen molar-refractivity contribution in [2.24, 2.45) is 0 Å². The van der Waals surface area contributed by atoms with Gasteiger partial charge in [0.2, 0.25) is 0 Å². The number of urea groups is 1. The number of amides is 3. The minimum absolute atomic E-state index is 0.770. The summed E-state index contributed by atoms with van der Waals surface area (Å²) in [5.74, 6) is 0. The number of rotatable bonds is 1. The topological polar surface area (TPSA) is 79.5 Å². The van der Waals surface area contributed by atoms with Crippen molar-refractivity contribution in [3.8, 4) is 0 Å². The van der Waals surface area contributed by atoms with E-state index >= 15 is 0 Å². The third-order valence-electron chi connectivity index (χ3n) is 1.13. The summed E-state index contributed by atoms with van der Waals surface area (Å²) in [5, 5.41) is 1.50. The molecule has 0 aliphatic heterocycles. The van der Waals surface area contributed by atoms with E-state index in [4.69, 9.17) is 4.74 Å². The first kappa shape index (κ1) is 15.3. The molecule has 0 bridgehead atoms. The van der Waals surface area contributed by atoms with Crippen LogP contribution in [0.4, 0.5) is 22.8 Å². The Bertz CT molecular complexity index is 286. The zero-order chi connectivity index (χ0) is 13.7. The van der Waals surface area contributed by atoms with Crippen LogP contribution in [0.15, 0.2) is 0 Å². The molecule has 9 heteroatoms. The van der Waals surface area contributed by atoms with E-state index in [-0.39, 0.29) is 0 Å². The van der Waals surface area contributed by atoms with Gasteiger partial charge < -0.3 is 10.1 Å². The highest BCUT2D eigenvalue weighted by atomic mass is 19.4. The lowest BCUT2D eigenvalue weighted by Crippen LogP contribution is -2.50. The predicted molar refractivity (Wildman–Crippen MR) is 52.0 cm³/mol. The second-order valence-electron chi connectivity index (χ2n) is 4.05. The van der Waals surface area contributed by atoms with E-state index in [1.54, 1.807) is 31.6 Å². The Labute approximate surface area is 95.8 Å². The Morgan fingerprint density at radius 2 is 1.65 bits per heavy atom. The monoisotopic (exact) mass is 257 g/mol. The highest BCUT2D eigenvalue weighted by Gasteiger charge is 2.27. The molecule has 0 aliphatic rings. The molecule has 3 N–H and O–H groups in total. The van der Waals surface area contributed by atoms with Crippen molar-refractivity contribution in [3.63, 3.8) is 0 Å². The third kappa shape index (κ3) is 10.6. The van der Waals surface area contributed by atoms with Gasteiger partial charge in [-0.1, -0.05) is 0 Å². The van der Waals surface area contributed by atoms with Gasteiger partial charge in [0.1, 0.15) is 12.1 Å². The van der Waals surface area contributed by atoms with Crippen LogP contribution in [-0.2, 0) is 4.74 Å². The summed E-state index contributed by atoms with van der Waals surface area (Å²) >= 11 is 0. The molecule has 0 fully saturated rings. The Balaban J connectivity index is 3.82. The summed E-state index contributed by atoms with van der Waals surface area (Å²) in [4.78, 5) is 21.7. The van der Waals surface area contributed by atoms with Crippen molar-refractivity contribution in [1.29, 1.82) is 0 Å². The van der Waals surface area contributed by atoms with E-state index < -0.39 is 30.4 Å². The second kappa shape index (κ2) is 5.60. The number of ether oxygens (including phenoxy) is 1. The molecule has 0 spiro atoms. The van der Waals surface area contributed by atoms with E-state index in [9.17, 15) is 22.8 Å². The molecular formula is C8H14F3N3O3. The fourth-order valence-corrected chi connectivity index (χ4v) is 0.636. The van der Waals surface area contributed by atoms with Crippen LogP contribution < -0.4 is 16.2 Å². The van der Waals surface area contributed by atoms with E-state index in [2.05, 4.69) is 0 Å². The maximum atomic E-state index is 11.7. The lowest BCUT2D eigenvalue weighted by atomic mass is 10.2. The summed E-state index contributed by atoms with van der Waals surface area (Å²) in [6, 6.07) is -1.19. The van der Waals surface area contributed by atoms with Crippen LogP contribution in [0.1, 0.15) is 20.8 Å². The second-order valence-corrected chi connectivity index (χ2v) is 4.05. The van der Waals surface area contributed by atoms with Crippen molar-refractivity contribution < 1.29 is 27.5 Å². The van der Waals surface area contributed by atoms with Gasteiger partial charge in [0, 0.05) is 0 Å². The first-order valence-corrected chi connectivity index (χ1v) is 4.59. The SMILES string of the molecule is CC(C)(C)OC(=O)NNC(=O)NCC(F)(F)F. The molecule has 0 atom stereocenters. The van der Waals surface area contributed by atoms with Gasteiger partial charge in [-0.05, 0) is 20.8 Å². The van der Waals surface area contributed by atoms with Crippen molar-refractivity contribution in [2.75, 3.05) is 6.54 Å². The Morgan fingerprint density at radius 3 is 2.06 bits per heavy atom. The van der Waals surface area contributed by atoms with E-state index in [0.29, 0.717) is 0 Å². The van der Waals surface area contributed by atoms with Gasteiger partial charge in [-0.2, -0.15) is 13.2 Å². The van der Waals surface area contributed by atoms with Gasteiger partial charge in [0.15, 0.2) is 0 Å². The molecule has 0 saturated heterocycles. The van der Waals surface area contributed by atoms with Crippen molar-refractivity contribution >= 4 is 12.1 Å². The van der Waals surface area contributed by atoms with Gasteiger partial charge in [0.05, 0.1) is 0 Å². The molecule has 0 saturated carbocycles. The molecule has 0 heterocycles. The summed E-state index contributed by atoms with van der Waals surface area (Å²) in [7, 11) is 0. The minimum Gasteiger partial charge on any atom is -0.443 e. The van der Waals surface area contributed by atoms with Gasteiger partial charge in [-0.3, -0.25) is 0 Å². The minimum atomic E-state index is -4.51. The molecule has 100 valence electrons. The average Bonchev–Trinajstić information content (AvgIpc) is 2.07. The van der Waals surface area contributed by atoms with Crippen LogP contribution in [0.2, 0.25) is 0 Å². The molecule has 3 amide bonds. The largest absolute Gasteiger partial charge is 0.443 e. The zero-order valence-electron chi connectivity index (χ0n) is 9.57. The number of nitrogens with one attached hydrogen (secondary N) is 3. The van der Waals surface area contributed by atoms with Crippen LogP contribution in [0.5, 0.6) is 0 Å². The summed E-state index contributed by atoms with van der Waals surface area (Å²) in [6.07, 6.45) is -5.48. The number of alkyl halides is 3. The Kier molecular flexibility index (Phi) is 5.05. The van der Waals surface area contributed by atoms with E-state index in [1.807, 2.05) is 0 Å². The van der Waals surface area contributed by atoms with Gasteiger partial charge in [-0.15, -0.1) is 0 Å². The molecular weight excluding hydrogens is 243 g/mol. The fraction of sp³-hybridized carbons (Fsp3) is 0.750. The fourth-order valence-electron chi connectivity index (χ4n) is 0.636. The number of carbonyl (C=O) groups is 2. The number of hydrazine groups is 1. The molecule has 0 aromatic carbocycles. The lowest BCUT2D eigenvalue weighted by Gasteiger charge is -2.19. The van der Waals surface area contributed by atoms with Crippen molar-refractivity contribution in [1.82, 2.24) is 16.2 Å². The number of halogens is 3. The summed E-state index contributed by atoms with van der Waals surface area (Å²) in [5.41, 5.74) is 2.72. The summed E-state index contributed by atoms with van der Waals surface area (Å²) < 4.78 is 39.8. The van der Waals surface area contributed by atoms with Crippen LogP contribution in [0.3, 0.4) is 0 Å². The molecule has 0 rings (SSSR count). The maximum absolute atomic E-state index is 11.7. The van der Waals surface area contributed by atoms with Gasteiger partial charge >= 0.3 is 18.3 Å². The van der Waals surface area contributed by atoms with Crippen LogP contribution in [0, 0.1) is 0 Å². The van der Waals surface area contributed by atoms with Crippen molar-refractivity contribution in [2.45, 2.75) is 32.5 Å². The molecule has 0 aromatic rings.